The van der Waals surface area contributed by atoms with Gasteiger partial charge >= 0.3 is 0 Å². The van der Waals surface area contributed by atoms with Gasteiger partial charge in [-0.3, -0.25) is 0 Å². The summed E-state index contributed by atoms with van der Waals surface area (Å²) in [6.07, 6.45) is 0. The first-order valence-electron chi connectivity index (χ1n) is 4.92. The molecule has 0 radical (unpaired) electrons. The van der Waals surface area contributed by atoms with E-state index in [2.05, 4.69) is 15.9 Å². The van der Waals surface area contributed by atoms with Gasteiger partial charge in [0.05, 0.1) is 0 Å². The van der Waals surface area contributed by atoms with Crippen LogP contribution in [0.15, 0.2) is 36.4 Å². The van der Waals surface area contributed by atoms with E-state index in [4.69, 9.17) is 11.6 Å². The van der Waals surface area contributed by atoms with Crippen molar-refractivity contribution in [1.82, 2.24) is 0 Å². The Morgan fingerprint density at radius 3 is 2.53 bits per heavy atom. The molecule has 0 N–H and O–H groups in total. The third-order valence-corrected chi connectivity index (χ3v) is 3.42. The van der Waals surface area contributed by atoms with Crippen molar-refractivity contribution >= 4 is 27.5 Å². The zero-order valence-corrected chi connectivity index (χ0v) is 11.0. The van der Waals surface area contributed by atoms with Gasteiger partial charge in [-0.05, 0) is 23.3 Å². The molecule has 0 atom stereocenters. The molecule has 0 heterocycles. The van der Waals surface area contributed by atoms with Crippen molar-refractivity contribution in [2.24, 2.45) is 0 Å². The first-order valence-corrected chi connectivity index (χ1v) is 6.42. The van der Waals surface area contributed by atoms with Gasteiger partial charge in [-0.1, -0.05) is 51.8 Å². The number of rotatable bonds is 2. The molecular formula is C13H8BrClF2. The second kappa shape index (κ2) is 5.15. The minimum Gasteiger partial charge on any atom is -0.204 e. The minimum atomic E-state index is -0.858. The SMILES string of the molecule is Fc1cccc(-c2ccc(CBr)c(Cl)c2)c1F. The average molecular weight is 318 g/mol. The van der Waals surface area contributed by atoms with Gasteiger partial charge in [0, 0.05) is 15.9 Å². The van der Waals surface area contributed by atoms with Crippen molar-refractivity contribution in [1.29, 1.82) is 0 Å². The summed E-state index contributed by atoms with van der Waals surface area (Å²) < 4.78 is 26.7. The first kappa shape index (κ1) is 12.5. The number of halogens is 4. The van der Waals surface area contributed by atoms with Gasteiger partial charge in [0.25, 0.3) is 0 Å². The largest absolute Gasteiger partial charge is 0.204 e. The third kappa shape index (κ3) is 2.50. The maximum Gasteiger partial charge on any atom is 0.166 e. The highest BCUT2D eigenvalue weighted by atomic mass is 79.9. The van der Waals surface area contributed by atoms with E-state index in [0.29, 0.717) is 15.9 Å². The highest BCUT2D eigenvalue weighted by Crippen LogP contribution is 2.29. The lowest BCUT2D eigenvalue weighted by Gasteiger charge is -2.07. The molecule has 0 amide bonds. The van der Waals surface area contributed by atoms with Crippen LogP contribution in [0.4, 0.5) is 8.78 Å². The highest BCUT2D eigenvalue weighted by molar-refractivity contribution is 9.08. The monoisotopic (exact) mass is 316 g/mol. The van der Waals surface area contributed by atoms with Crippen molar-refractivity contribution in [3.8, 4) is 11.1 Å². The molecule has 0 aliphatic rings. The first-order chi connectivity index (χ1) is 8.13. The smallest absolute Gasteiger partial charge is 0.166 e. The van der Waals surface area contributed by atoms with E-state index in [0.717, 1.165) is 11.6 Å². The molecule has 0 fully saturated rings. The lowest BCUT2D eigenvalue weighted by atomic mass is 10.0. The van der Waals surface area contributed by atoms with Crippen LogP contribution in [-0.4, -0.2) is 0 Å². The Morgan fingerprint density at radius 1 is 1.12 bits per heavy atom. The molecule has 0 aliphatic carbocycles. The Morgan fingerprint density at radius 2 is 1.88 bits per heavy atom. The summed E-state index contributed by atoms with van der Waals surface area (Å²) in [7, 11) is 0. The number of alkyl halides is 1. The zero-order valence-electron chi connectivity index (χ0n) is 8.68. The fourth-order valence-corrected chi connectivity index (χ4v) is 2.45. The topological polar surface area (TPSA) is 0 Å². The lowest BCUT2D eigenvalue weighted by molar-refractivity contribution is 0.511. The highest BCUT2D eigenvalue weighted by Gasteiger charge is 2.10. The summed E-state index contributed by atoms with van der Waals surface area (Å²) in [6, 6.07) is 9.23. The van der Waals surface area contributed by atoms with Crippen LogP contribution in [0, 0.1) is 11.6 Å². The second-order valence-corrected chi connectivity index (χ2v) is 4.51. The van der Waals surface area contributed by atoms with Gasteiger partial charge in [-0.25, -0.2) is 8.78 Å². The molecule has 2 rings (SSSR count). The summed E-state index contributed by atoms with van der Waals surface area (Å²) in [6.45, 7) is 0. The molecule has 0 aromatic heterocycles. The van der Waals surface area contributed by atoms with Crippen LogP contribution in [-0.2, 0) is 5.33 Å². The van der Waals surface area contributed by atoms with E-state index >= 15 is 0 Å². The molecule has 17 heavy (non-hydrogen) atoms. The summed E-state index contributed by atoms with van der Waals surface area (Å²) in [5, 5.41) is 1.15. The van der Waals surface area contributed by atoms with Crippen LogP contribution < -0.4 is 0 Å². The summed E-state index contributed by atoms with van der Waals surface area (Å²) >= 11 is 9.32. The van der Waals surface area contributed by atoms with Gasteiger partial charge in [-0.15, -0.1) is 0 Å². The van der Waals surface area contributed by atoms with E-state index in [-0.39, 0.29) is 5.56 Å². The number of hydrogen-bond acceptors (Lipinski definition) is 0. The molecule has 2 aromatic carbocycles. The normalized spacial score (nSPS) is 10.6. The quantitative estimate of drug-likeness (QED) is 0.669. The second-order valence-electron chi connectivity index (χ2n) is 3.54. The van der Waals surface area contributed by atoms with E-state index in [1.165, 1.54) is 12.1 Å². The maximum atomic E-state index is 13.6. The van der Waals surface area contributed by atoms with Gasteiger partial charge in [0.1, 0.15) is 0 Å². The van der Waals surface area contributed by atoms with Gasteiger partial charge in [0.15, 0.2) is 11.6 Å². The van der Waals surface area contributed by atoms with Crippen molar-refractivity contribution in [2.45, 2.75) is 5.33 Å². The predicted octanol–water partition coefficient (Wildman–Crippen LogP) is 5.18. The fraction of sp³-hybridized carbons (Fsp3) is 0.0769. The van der Waals surface area contributed by atoms with Crippen molar-refractivity contribution in [2.75, 3.05) is 0 Å². The zero-order chi connectivity index (χ0) is 12.4. The third-order valence-electron chi connectivity index (χ3n) is 2.46. The van der Waals surface area contributed by atoms with Gasteiger partial charge in [0.2, 0.25) is 0 Å². The average Bonchev–Trinajstić information content (AvgIpc) is 2.32. The fourth-order valence-electron chi connectivity index (χ4n) is 1.55. The molecule has 0 unspecified atom stereocenters. The molecule has 0 saturated heterocycles. The lowest BCUT2D eigenvalue weighted by Crippen LogP contribution is -1.90. The van der Waals surface area contributed by atoms with E-state index in [1.807, 2.05) is 0 Å². The molecule has 0 spiro atoms. The molecule has 0 aliphatic heterocycles. The van der Waals surface area contributed by atoms with Crippen molar-refractivity contribution in [3.63, 3.8) is 0 Å². The molecule has 0 saturated carbocycles. The molecule has 2 aromatic rings. The van der Waals surface area contributed by atoms with Crippen LogP contribution >= 0.6 is 27.5 Å². The minimum absolute atomic E-state index is 0.216. The molecule has 0 nitrogen and oxygen atoms in total. The van der Waals surface area contributed by atoms with E-state index in [9.17, 15) is 8.78 Å². The van der Waals surface area contributed by atoms with Crippen LogP contribution in [0.3, 0.4) is 0 Å². The Hall–Kier alpha value is -0.930. The number of benzene rings is 2. The van der Waals surface area contributed by atoms with Crippen LogP contribution in [0.2, 0.25) is 5.02 Å². The summed E-state index contributed by atoms with van der Waals surface area (Å²) in [4.78, 5) is 0. The van der Waals surface area contributed by atoms with Crippen LogP contribution in [0.25, 0.3) is 11.1 Å². The summed E-state index contributed by atoms with van der Waals surface area (Å²) in [5.41, 5.74) is 1.69. The Balaban J connectivity index is 2.54. The van der Waals surface area contributed by atoms with Gasteiger partial charge in [-0.2, -0.15) is 0 Å². The van der Waals surface area contributed by atoms with Crippen molar-refractivity contribution in [3.05, 3.63) is 58.6 Å². The van der Waals surface area contributed by atoms with E-state index < -0.39 is 11.6 Å². The number of hydrogen-bond donors (Lipinski definition) is 0. The maximum absolute atomic E-state index is 13.6. The van der Waals surface area contributed by atoms with E-state index in [1.54, 1.807) is 18.2 Å². The molecule has 4 heteroatoms. The van der Waals surface area contributed by atoms with Crippen molar-refractivity contribution < 1.29 is 8.78 Å². The predicted molar refractivity (Wildman–Crippen MR) is 69.4 cm³/mol. The molecule has 0 bridgehead atoms. The Bertz CT molecular complexity index is 555. The summed E-state index contributed by atoms with van der Waals surface area (Å²) in [5.74, 6) is -1.71. The van der Waals surface area contributed by atoms with Crippen LogP contribution in [0.1, 0.15) is 5.56 Å². The molecule has 88 valence electrons. The molecular weight excluding hydrogens is 309 g/mol. The standard InChI is InChI=1S/C13H8BrClF2/c14-7-9-5-4-8(6-11(9)15)10-2-1-3-12(16)13(10)17/h1-6H,7H2. The Kier molecular flexibility index (Phi) is 3.79. The Labute approximate surface area is 111 Å². The van der Waals surface area contributed by atoms with Crippen LogP contribution in [0.5, 0.6) is 0 Å². The van der Waals surface area contributed by atoms with Gasteiger partial charge < -0.3 is 0 Å².